The number of allylic oxidation sites excluding steroid dienone is 10. The molecule has 0 fully saturated rings. The Bertz CT molecular complexity index is 1970. The van der Waals surface area contributed by atoms with Gasteiger partial charge in [-0.2, -0.15) is 10.5 Å². The fraction of sp³-hybridized carbons (Fsp3) is 0.0625. The van der Waals surface area contributed by atoms with Crippen LogP contribution in [0.2, 0.25) is 0 Å². The highest BCUT2D eigenvalue weighted by Crippen LogP contribution is 2.45. The van der Waals surface area contributed by atoms with Gasteiger partial charge in [0.15, 0.2) is 0 Å². The van der Waals surface area contributed by atoms with E-state index in [-0.39, 0.29) is 22.6 Å². The highest BCUT2D eigenvalue weighted by atomic mass is 32.1. The van der Waals surface area contributed by atoms with Gasteiger partial charge in [0.25, 0.3) is 0 Å². The molecule has 0 amide bonds. The molecule has 0 bridgehead atoms. The van der Waals surface area contributed by atoms with Crippen molar-refractivity contribution in [3.05, 3.63) is 104 Å². The van der Waals surface area contributed by atoms with E-state index < -0.39 is 0 Å². The Morgan fingerprint density at radius 2 is 1.13 bits per heavy atom. The molecule has 6 N–H and O–H groups in total. The van der Waals surface area contributed by atoms with E-state index in [1.54, 1.807) is 47.8 Å². The van der Waals surface area contributed by atoms with Crippen molar-refractivity contribution in [2.75, 3.05) is 0 Å². The van der Waals surface area contributed by atoms with Crippen LogP contribution in [0.15, 0.2) is 91.8 Å². The van der Waals surface area contributed by atoms with Gasteiger partial charge in [0.2, 0.25) is 0 Å². The minimum absolute atomic E-state index is 0.158. The molecular weight excluding hydrogens is 657 g/mol. The maximum atomic E-state index is 10.0. The van der Waals surface area contributed by atoms with E-state index in [1.165, 1.54) is 22.7 Å². The van der Waals surface area contributed by atoms with Crippen molar-refractivity contribution in [3.8, 4) is 31.6 Å². The molecule has 0 saturated heterocycles. The SMILES string of the molecule is Cc1cc(/C(N)=C(\C#N)C2=CC=CC(=N)C2=NS)sc1-c1ccc(-c2sc(/C(N)=C(\C#N)C3=CC=CC(=N)C3=NS)cc2C)s1. The molecule has 45 heavy (non-hydrogen) atoms. The summed E-state index contributed by atoms with van der Waals surface area (Å²) < 4.78 is 7.82. The summed E-state index contributed by atoms with van der Waals surface area (Å²) in [4.78, 5) is 5.66. The van der Waals surface area contributed by atoms with Crippen molar-refractivity contribution in [2.45, 2.75) is 13.8 Å². The zero-order valence-electron chi connectivity index (χ0n) is 23.8. The monoisotopic (exact) mass is 680 g/mol. The van der Waals surface area contributed by atoms with Gasteiger partial charge in [-0.25, -0.2) is 8.80 Å². The number of nitrogens with zero attached hydrogens (tertiary/aromatic N) is 4. The zero-order chi connectivity index (χ0) is 32.4. The molecule has 0 unspecified atom stereocenters. The number of nitrogens with two attached hydrogens (primary N) is 2. The Morgan fingerprint density at radius 3 is 1.49 bits per heavy atom. The lowest BCUT2D eigenvalue weighted by molar-refractivity contribution is 1.43. The van der Waals surface area contributed by atoms with Crippen molar-refractivity contribution >= 4 is 93.9 Å². The summed E-state index contributed by atoms with van der Waals surface area (Å²) in [6.45, 7) is 4.02. The Kier molecular flexibility index (Phi) is 9.39. The lowest BCUT2D eigenvalue weighted by Gasteiger charge is -2.13. The van der Waals surface area contributed by atoms with Crippen LogP contribution in [0.5, 0.6) is 0 Å². The van der Waals surface area contributed by atoms with Gasteiger partial charge >= 0.3 is 0 Å². The van der Waals surface area contributed by atoms with Crippen LogP contribution in [0.1, 0.15) is 20.9 Å². The number of thiophene rings is 3. The molecule has 3 aromatic rings. The molecular formula is C32H24N8S5. The maximum absolute atomic E-state index is 10.0. The van der Waals surface area contributed by atoms with Crippen LogP contribution in [-0.2, 0) is 0 Å². The van der Waals surface area contributed by atoms with Crippen molar-refractivity contribution < 1.29 is 0 Å². The van der Waals surface area contributed by atoms with E-state index in [9.17, 15) is 10.5 Å². The lowest BCUT2D eigenvalue weighted by atomic mass is 9.93. The van der Waals surface area contributed by atoms with Crippen molar-refractivity contribution in [3.63, 3.8) is 0 Å². The number of hydrogen-bond acceptors (Lipinski definition) is 13. The summed E-state index contributed by atoms with van der Waals surface area (Å²) in [5.74, 6) is 0. The molecule has 0 spiro atoms. The molecule has 8 nitrogen and oxygen atoms in total. The third-order valence-corrected chi connectivity index (χ3v) is 11.4. The van der Waals surface area contributed by atoms with Gasteiger partial charge in [-0.1, -0.05) is 24.3 Å². The molecule has 2 aliphatic carbocycles. The standard InChI is InChI=1S/C32H24N8S5/c1-15-11-25(27(37)19(13-33)17-5-3-7-21(35)29(17)39-41)44-31(15)23-9-10-24(43-23)32-16(2)12-26(45-32)28(38)20(14-34)18-6-4-8-22(36)30(18)40-42/h3-12,35-36,41-42H,37-38H2,1-2H3/b27-19-,28-20-,35-21?,36-22?,39-29?,40-30?. The summed E-state index contributed by atoms with van der Waals surface area (Å²) in [6.07, 6.45) is 9.98. The van der Waals surface area contributed by atoms with Gasteiger partial charge in [0.1, 0.15) is 23.6 Å². The maximum Gasteiger partial charge on any atom is 0.104 e. The first kappa shape index (κ1) is 31.9. The molecule has 0 aliphatic heterocycles. The van der Waals surface area contributed by atoms with Crippen molar-refractivity contribution in [2.24, 2.45) is 20.3 Å². The predicted octanol–water partition coefficient (Wildman–Crippen LogP) is 7.81. The second-order valence-electron chi connectivity index (χ2n) is 9.81. The lowest BCUT2D eigenvalue weighted by Crippen LogP contribution is -2.18. The van der Waals surface area contributed by atoms with Crippen LogP contribution in [0.4, 0.5) is 0 Å². The quantitative estimate of drug-likeness (QED) is 0.0886. The molecule has 0 atom stereocenters. The van der Waals surface area contributed by atoms with Crippen molar-refractivity contribution in [1.82, 2.24) is 0 Å². The van der Waals surface area contributed by atoms with E-state index in [4.69, 9.17) is 22.3 Å². The number of thiol groups is 2. The molecule has 222 valence electrons. The zero-order valence-corrected chi connectivity index (χ0v) is 28.1. The summed E-state index contributed by atoms with van der Waals surface area (Å²) >= 11 is 12.6. The Hall–Kier alpha value is -4.50. The van der Waals surface area contributed by atoms with Crippen LogP contribution in [0.3, 0.4) is 0 Å². The van der Waals surface area contributed by atoms with Crippen LogP contribution < -0.4 is 11.5 Å². The summed E-state index contributed by atoms with van der Waals surface area (Å²) in [7, 11) is 0. The third kappa shape index (κ3) is 5.96. The fourth-order valence-corrected chi connectivity index (χ4v) is 8.84. The fourth-order valence-electron chi connectivity index (χ4n) is 4.78. The average molecular weight is 681 g/mol. The van der Waals surface area contributed by atoms with Gasteiger partial charge in [-0.05, 0) is 87.0 Å². The van der Waals surface area contributed by atoms with Crippen LogP contribution in [0, 0.1) is 47.3 Å². The number of aryl methyl sites for hydroxylation is 2. The molecule has 5 rings (SSSR count). The molecule has 2 aliphatic rings. The second kappa shape index (κ2) is 13.2. The molecule has 3 aromatic heterocycles. The highest BCUT2D eigenvalue weighted by Gasteiger charge is 2.24. The average Bonchev–Trinajstić information content (AvgIpc) is 3.76. The summed E-state index contributed by atoms with van der Waals surface area (Å²) in [5.41, 5.74) is 18.1. The minimum atomic E-state index is 0.158. The van der Waals surface area contributed by atoms with Gasteiger partial charge in [-0.15, -0.1) is 34.0 Å². The largest absolute Gasteiger partial charge is 0.396 e. The Labute approximate surface area is 283 Å². The van der Waals surface area contributed by atoms with Gasteiger partial charge < -0.3 is 11.5 Å². The number of nitrogens with one attached hydrogen (secondary N) is 2. The number of rotatable bonds is 6. The second-order valence-corrected chi connectivity index (χ2v) is 13.4. The van der Waals surface area contributed by atoms with E-state index in [0.717, 1.165) is 40.4 Å². The minimum Gasteiger partial charge on any atom is -0.396 e. The van der Waals surface area contributed by atoms with Crippen LogP contribution in [0.25, 0.3) is 30.9 Å². The van der Waals surface area contributed by atoms with Crippen LogP contribution >= 0.6 is 59.6 Å². The number of hydrogen-bond donors (Lipinski definition) is 6. The first-order valence-corrected chi connectivity index (χ1v) is 16.4. The summed E-state index contributed by atoms with van der Waals surface area (Å²) in [6, 6.07) is 12.5. The normalized spacial score (nSPS) is 17.6. The smallest absolute Gasteiger partial charge is 0.104 e. The molecule has 0 aromatic carbocycles. The van der Waals surface area contributed by atoms with Gasteiger partial charge in [0.05, 0.1) is 43.7 Å². The Morgan fingerprint density at radius 1 is 0.733 bits per heavy atom. The summed E-state index contributed by atoms with van der Waals surface area (Å²) in [5, 5.41) is 36.3. The van der Waals surface area contributed by atoms with E-state index in [2.05, 4.69) is 58.7 Å². The molecule has 0 radical (unpaired) electrons. The van der Waals surface area contributed by atoms with Gasteiger partial charge in [-0.3, -0.25) is 10.8 Å². The molecule has 13 heteroatoms. The molecule has 3 heterocycles. The molecule has 0 saturated carbocycles. The third-order valence-electron chi connectivity index (χ3n) is 6.99. The predicted molar refractivity (Wildman–Crippen MR) is 197 cm³/mol. The number of nitriles is 2. The van der Waals surface area contributed by atoms with Crippen molar-refractivity contribution in [1.29, 1.82) is 21.3 Å². The Balaban J connectivity index is 1.49. The topological polar surface area (TPSA) is 172 Å². The highest BCUT2D eigenvalue weighted by molar-refractivity contribution is 7.79. The van der Waals surface area contributed by atoms with E-state index in [1.807, 2.05) is 26.0 Å². The van der Waals surface area contributed by atoms with Gasteiger partial charge in [0, 0.05) is 30.7 Å². The van der Waals surface area contributed by atoms with E-state index >= 15 is 0 Å². The first-order valence-electron chi connectivity index (χ1n) is 13.1. The van der Waals surface area contributed by atoms with Crippen LogP contribution in [-0.4, -0.2) is 22.8 Å². The first-order chi connectivity index (χ1) is 21.6. The van der Waals surface area contributed by atoms with E-state index in [0.29, 0.717) is 34.0 Å².